The highest BCUT2D eigenvalue weighted by Crippen LogP contribution is 2.05. The topological polar surface area (TPSA) is 67.6 Å². The van der Waals surface area contributed by atoms with Crippen molar-refractivity contribution in [2.45, 2.75) is 25.7 Å². The molecule has 0 fully saturated rings. The number of hydrogen-bond acceptors (Lipinski definition) is 3. The molecule has 3 N–H and O–H groups in total. The maximum absolute atomic E-state index is 11.7. The Bertz CT molecular complexity index is 402. The summed E-state index contributed by atoms with van der Waals surface area (Å²) in [7, 11) is 0. The van der Waals surface area contributed by atoms with Gasteiger partial charge < -0.3 is 0 Å². The Labute approximate surface area is 100 Å². The second-order valence-electron chi connectivity index (χ2n) is 4.01. The van der Waals surface area contributed by atoms with Crippen LogP contribution in [0.1, 0.15) is 36.0 Å². The molecule has 1 aromatic heterocycles. The van der Waals surface area contributed by atoms with E-state index in [1.807, 2.05) is 0 Å². The molecule has 0 saturated carbocycles. The van der Waals surface area contributed by atoms with Gasteiger partial charge in [-0.3, -0.25) is 20.6 Å². The average molecular weight is 233 g/mol. The summed E-state index contributed by atoms with van der Waals surface area (Å²) in [5.41, 5.74) is 6.18. The molecular formula is C12H17N4O+. The SMILES string of the molecule is O=C(NNC1=NCCCCC1)c1cc[nH+]cc1. The Morgan fingerprint density at radius 2 is 2.06 bits per heavy atom. The normalized spacial score (nSPS) is 15.6. The van der Waals surface area contributed by atoms with E-state index in [0.29, 0.717) is 5.56 Å². The zero-order valence-electron chi connectivity index (χ0n) is 9.70. The molecule has 1 aromatic rings. The molecule has 1 aliphatic rings. The van der Waals surface area contributed by atoms with Crippen LogP contribution in [0, 0.1) is 0 Å². The Hall–Kier alpha value is -1.91. The van der Waals surface area contributed by atoms with Gasteiger partial charge in [-0.15, -0.1) is 0 Å². The highest BCUT2D eigenvalue weighted by molar-refractivity contribution is 5.95. The zero-order chi connectivity index (χ0) is 11.9. The molecular weight excluding hydrogens is 216 g/mol. The summed E-state index contributed by atoms with van der Waals surface area (Å²) in [5.74, 6) is 0.726. The quantitative estimate of drug-likeness (QED) is 0.701. The van der Waals surface area contributed by atoms with Gasteiger partial charge in [-0.1, -0.05) is 6.42 Å². The van der Waals surface area contributed by atoms with Gasteiger partial charge in [0.15, 0.2) is 12.4 Å². The summed E-state index contributed by atoms with van der Waals surface area (Å²) in [4.78, 5) is 19.0. The number of hydrazine groups is 1. The summed E-state index contributed by atoms with van der Waals surface area (Å²) in [5, 5.41) is 0. The first-order valence-corrected chi connectivity index (χ1v) is 5.92. The third kappa shape index (κ3) is 3.55. The highest BCUT2D eigenvalue weighted by atomic mass is 16.2. The fourth-order valence-electron chi connectivity index (χ4n) is 1.72. The fourth-order valence-corrected chi connectivity index (χ4v) is 1.72. The smallest absolute Gasteiger partial charge is 0.270 e. The lowest BCUT2D eigenvalue weighted by Gasteiger charge is -2.09. The van der Waals surface area contributed by atoms with Crippen molar-refractivity contribution in [2.24, 2.45) is 4.99 Å². The van der Waals surface area contributed by atoms with E-state index in [2.05, 4.69) is 20.8 Å². The maximum atomic E-state index is 11.7. The lowest BCUT2D eigenvalue weighted by Crippen LogP contribution is -2.41. The Morgan fingerprint density at radius 1 is 1.24 bits per heavy atom. The van der Waals surface area contributed by atoms with Gasteiger partial charge in [0, 0.05) is 25.1 Å². The van der Waals surface area contributed by atoms with Gasteiger partial charge in [0.05, 0.1) is 5.56 Å². The molecule has 1 aliphatic heterocycles. The van der Waals surface area contributed by atoms with Crippen molar-refractivity contribution < 1.29 is 9.78 Å². The van der Waals surface area contributed by atoms with Crippen molar-refractivity contribution in [1.29, 1.82) is 0 Å². The Balaban J connectivity index is 1.85. The third-order valence-corrected chi connectivity index (χ3v) is 2.68. The van der Waals surface area contributed by atoms with Crippen LogP contribution in [0.15, 0.2) is 29.5 Å². The molecule has 0 aliphatic carbocycles. The number of rotatable bonds is 1. The minimum atomic E-state index is -0.147. The predicted molar refractivity (Wildman–Crippen MR) is 64.4 cm³/mol. The van der Waals surface area contributed by atoms with Crippen LogP contribution in [0.4, 0.5) is 0 Å². The molecule has 5 heteroatoms. The number of aromatic nitrogens is 1. The van der Waals surface area contributed by atoms with Crippen molar-refractivity contribution in [3.63, 3.8) is 0 Å². The van der Waals surface area contributed by atoms with Crippen LogP contribution in [0.5, 0.6) is 0 Å². The van der Waals surface area contributed by atoms with Crippen LogP contribution in [-0.2, 0) is 0 Å². The molecule has 0 bridgehead atoms. The van der Waals surface area contributed by atoms with Gasteiger partial charge in [-0.25, -0.2) is 4.98 Å². The monoisotopic (exact) mass is 233 g/mol. The van der Waals surface area contributed by atoms with Crippen molar-refractivity contribution in [3.8, 4) is 0 Å². The van der Waals surface area contributed by atoms with Gasteiger partial charge >= 0.3 is 0 Å². The number of carbonyl (C=O) groups is 1. The second kappa shape index (κ2) is 5.98. The van der Waals surface area contributed by atoms with E-state index in [1.165, 1.54) is 6.42 Å². The average Bonchev–Trinajstić information content (AvgIpc) is 2.65. The standard InChI is InChI=1S/C12H16N4O/c17-12(10-5-8-13-9-6-10)16-15-11-4-2-1-3-7-14-11/h5-6,8-9H,1-4,7H2,(H,14,15)(H,16,17)/p+1. The lowest BCUT2D eigenvalue weighted by atomic mass is 10.2. The first-order valence-electron chi connectivity index (χ1n) is 5.92. The zero-order valence-corrected chi connectivity index (χ0v) is 9.70. The first-order chi connectivity index (χ1) is 8.36. The van der Waals surface area contributed by atoms with Gasteiger partial charge in [0.1, 0.15) is 5.84 Å². The number of carbonyl (C=O) groups excluding carboxylic acids is 1. The molecule has 2 heterocycles. The molecule has 5 nitrogen and oxygen atoms in total. The third-order valence-electron chi connectivity index (χ3n) is 2.68. The maximum Gasteiger partial charge on any atom is 0.270 e. The molecule has 0 radical (unpaired) electrons. The van der Waals surface area contributed by atoms with E-state index in [1.54, 1.807) is 24.5 Å². The van der Waals surface area contributed by atoms with Crippen LogP contribution >= 0.6 is 0 Å². The second-order valence-corrected chi connectivity index (χ2v) is 4.01. The molecule has 90 valence electrons. The first kappa shape index (κ1) is 11.6. The van der Waals surface area contributed by atoms with Crippen molar-refractivity contribution in [2.75, 3.05) is 6.54 Å². The van der Waals surface area contributed by atoms with E-state index < -0.39 is 0 Å². The number of aliphatic imine (C=N–C) groups is 1. The van der Waals surface area contributed by atoms with E-state index in [0.717, 1.165) is 31.6 Å². The van der Waals surface area contributed by atoms with Gasteiger partial charge in [-0.05, 0) is 12.8 Å². The largest absolute Gasteiger partial charge is 0.285 e. The summed E-state index contributed by atoms with van der Waals surface area (Å²) in [6, 6.07) is 3.46. The molecule has 0 aromatic carbocycles. The number of nitrogens with one attached hydrogen (secondary N) is 3. The van der Waals surface area contributed by atoms with Crippen LogP contribution < -0.4 is 15.8 Å². The predicted octanol–water partition coefficient (Wildman–Crippen LogP) is 0.708. The molecule has 0 spiro atoms. The fraction of sp³-hybridized carbons (Fsp3) is 0.417. The van der Waals surface area contributed by atoms with E-state index in [9.17, 15) is 4.79 Å². The number of H-pyrrole nitrogens is 1. The molecule has 0 atom stereocenters. The number of amidine groups is 1. The van der Waals surface area contributed by atoms with E-state index in [-0.39, 0.29) is 5.91 Å². The van der Waals surface area contributed by atoms with Crippen LogP contribution in [-0.4, -0.2) is 18.3 Å². The molecule has 0 unspecified atom stereocenters. The van der Waals surface area contributed by atoms with Crippen LogP contribution in [0.2, 0.25) is 0 Å². The number of amides is 1. The molecule has 2 rings (SSSR count). The van der Waals surface area contributed by atoms with Gasteiger partial charge in [0.25, 0.3) is 5.91 Å². The summed E-state index contributed by atoms with van der Waals surface area (Å²) in [6.45, 7) is 0.846. The summed E-state index contributed by atoms with van der Waals surface area (Å²) < 4.78 is 0. The van der Waals surface area contributed by atoms with Crippen LogP contribution in [0.3, 0.4) is 0 Å². The van der Waals surface area contributed by atoms with Crippen molar-refractivity contribution in [1.82, 2.24) is 10.9 Å². The molecule has 0 saturated heterocycles. The summed E-state index contributed by atoms with van der Waals surface area (Å²) in [6.07, 6.45) is 7.81. The minimum Gasteiger partial charge on any atom is -0.285 e. The van der Waals surface area contributed by atoms with Crippen molar-refractivity contribution in [3.05, 3.63) is 30.1 Å². The van der Waals surface area contributed by atoms with E-state index >= 15 is 0 Å². The number of hydrogen-bond donors (Lipinski definition) is 2. The van der Waals surface area contributed by atoms with Crippen LogP contribution in [0.25, 0.3) is 0 Å². The van der Waals surface area contributed by atoms with Crippen molar-refractivity contribution >= 4 is 11.7 Å². The minimum absolute atomic E-state index is 0.147. The Kier molecular flexibility index (Phi) is 4.07. The number of aromatic amines is 1. The van der Waals surface area contributed by atoms with Gasteiger partial charge in [0.2, 0.25) is 0 Å². The summed E-state index contributed by atoms with van der Waals surface area (Å²) >= 11 is 0. The lowest BCUT2D eigenvalue weighted by molar-refractivity contribution is -0.378. The number of nitrogens with zero attached hydrogens (tertiary/aromatic N) is 1. The number of pyridine rings is 1. The molecule has 1 amide bonds. The Morgan fingerprint density at radius 3 is 2.88 bits per heavy atom. The van der Waals surface area contributed by atoms with E-state index in [4.69, 9.17) is 0 Å². The van der Waals surface area contributed by atoms with Gasteiger partial charge in [-0.2, -0.15) is 0 Å². The molecule has 17 heavy (non-hydrogen) atoms. The highest BCUT2D eigenvalue weighted by Gasteiger charge is 2.08.